The van der Waals surface area contributed by atoms with Crippen LogP contribution in [0.5, 0.6) is 11.5 Å². The maximum Gasteiger partial charge on any atom is 0.304 e. The average molecular weight is 316 g/mol. The van der Waals surface area contributed by atoms with Crippen molar-refractivity contribution < 1.29 is 19.4 Å². The summed E-state index contributed by atoms with van der Waals surface area (Å²) in [5.41, 5.74) is 1.08. The Labute approximate surface area is 131 Å². The third-order valence-electron chi connectivity index (χ3n) is 3.77. The number of carbonyl (C=O) groups is 1. The number of likely N-dealkylation sites (tertiary alicyclic amines) is 1. The van der Waals surface area contributed by atoms with Gasteiger partial charge in [-0.05, 0) is 37.6 Å². The van der Waals surface area contributed by atoms with Gasteiger partial charge in [0.2, 0.25) is 0 Å². The third kappa shape index (κ3) is 4.25. The second-order valence-corrected chi connectivity index (χ2v) is 4.95. The highest BCUT2D eigenvalue weighted by Gasteiger charge is 2.28. The number of halogens is 1. The Kier molecular flexibility index (Phi) is 6.78. The van der Waals surface area contributed by atoms with E-state index in [1.807, 2.05) is 18.2 Å². The maximum absolute atomic E-state index is 10.8. The summed E-state index contributed by atoms with van der Waals surface area (Å²) in [5.74, 6) is 0.872. The van der Waals surface area contributed by atoms with Gasteiger partial charge in [-0.25, -0.2) is 0 Å². The molecule has 1 fully saturated rings. The van der Waals surface area contributed by atoms with E-state index in [2.05, 4.69) is 4.90 Å². The quantitative estimate of drug-likeness (QED) is 0.874. The van der Waals surface area contributed by atoms with Crippen molar-refractivity contribution in [3.05, 3.63) is 23.8 Å². The largest absolute Gasteiger partial charge is 0.497 e. The summed E-state index contributed by atoms with van der Waals surface area (Å²) in [6, 6.07) is 5.97. The number of ether oxygens (including phenoxy) is 2. The van der Waals surface area contributed by atoms with Crippen molar-refractivity contribution in [3.63, 3.8) is 0 Å². The summed E-state index contributed by atoms with van der Waals surface area (Å²) in [4.78, 5) is 13.0. The number of hydrogen-bond acceptors (Lipinski definition) is 4. The summed E-state index contributed by atoms with van der Waals surface area (Å²) in [6.45, 7) is 1.50. The molecule has 0 aromatic heterocycles. The van der Waals surface area contributed by atoms with Crippen LogP contribution in [0.4, 0.5) is 0 Å². The van der Waals surface area contributed by atoms with Gasteiger partial charge in [0.1, 0.15) is 11.5 Å². The third-order valence-corrected chi connectivity index (χ3v) is 3.77. The van der Waals surface area contributed by atoms with Crippen LogP contribution in [0.2, 0.25) is 0 Å². The fourth-order valence-corrected chi connectivity index (χ4v) is 2.79. The van der Waals surface area contributed by atoms with E-state index in [1.54, 1.807) is 14.2 Å². The molecule has 1 aromatic rings. The van der Waals surface area contributed by atoms with E-state index in [4.69, 9.17) is 14.6 Å². The molecule has 0 spiro atoms. The zero-order valence-corrected chi connectivity index (χ0v) is 13.2. The van der Waals surface area contributed by atoms with Gasteiger partial charge in [0, 0.05) is 18.2 Å². The number of carboxylic acids is 1. The summed E-state index contributed by atoms with van der Waals surface area (Å²) in [7, 11) is 3.30. The molecule has 1 heterocycles. The summed E-state index contributed by atoms with van der Waals surface area (Å²) >= 11 is 0. The molecule has 5 nitrogen and oxygen atoms in total. The van der Waals surface area contributed by atoms with Gasteiger partial charge in [-0.15, -0.1) is 12.4 Å². The second-order valence-electron chi connectivity index (χ2n) is 4.95. The van der Waals surface area contributed by atoms with Crippen LogP contribution >= 0.6 is 12.4 Å². The van der Waals surface area contributed by atoms with Crippen molar-refractivity contribution >= 4 is 18.4 Å². The predicted molar refractivity (Wildman–Crippen MR) is 82.6 cm³/mol. The molecule has 1 aromatic carbocycles. The highest BCUT2D eigenvalue weighted by molar-refractivity contribution is 5.85. The van der Waals surface area contributed by atoms with Crippen molar-refractivity contribution in [1.82, 2.24) is 4.90 Å². The molecule has 1 aliphatic heterocycles. The zero-order valence-electron chi connectivity index (χ0n) is 12.4. The first kappa shape index (κ1) is 17.6. The minimum Gasteiger partial charge on any atom is -0.497 e. The smallest absolute Gasteiger partial charge is 0.304 e. The van der Waals surface area contributed by atoms with Crippen molar-refractivity contribution in [2.24, 2.45) is 0 Å². The van der Waals surface area contributed by atoms with Gasteiger partial charge in [0.15, 0.2) is 0 Å². The molecule has 0 bridgehead atoms. The zero-order chi connectivity index (χ0) is 14.5. The lowest BCUT2D eigenvalue weighted by atomic mass is 10.0. The summed E-state index contributed by atoms with van der Waals surface area (Å²) in [5, 5.41) is 8.84. The average Bonchev–Trinajstić information content (AvgIpc) is 2.92. The molecule has 1 unspecified atom stereocenters. The lowest BCUT2D eigenvalue weighted by molar-refractivity contribution is -0.137. The van der Waals surface area contributed by atoms with Crippen LogP contribution in [0.15, 0.2) is 18.2 Å². The van der Waals surface area contributed by atoms with Gasteiger partial charge >= 0.3 is 5.97 Å². The first-order valence-corrected chi connectivity index (χ1v) is 6.83. The van der Waals surface area contributed by atoms with Crippen LogP contribution in [0.25, 0.3) is 0 Å². The fraction of sp³-hybridized carbons (Fsp3) is 0.533. The van der Waals surface area contributed by atoms with Crippen molar-refractivity contribution in [2.75, 3.05) is 27.3 Å². The molecule has 6 heteroatoms. The number of rotatable bonds is 6. The minimum absolute atomic E-state index is 0. The summed E-state index contributed by atoms with van der Waals surface area (Å²) < 4.78 is 10.7. The monoisotopic (exact) mass is 315 g/mol. The predicted octanol–water partition coefficient (Wildman–Crippen LogP) is 2.74. The van der Waals surface area contributed by atoms with E-state index in [1.165, 1.54) is 0 Å². The van der Waals surface area contributed by atoms with Gasteiger partial charge in [0.05, 0.1) is 20.6 Å². The van der Waals surface area contributed by atoms with E-state index in [0.717, 1.165) is 36.4 Å². The SMILES string of the molecule is COc1ccc(OC)c(C2CCCN2CCC(=O)O)c1.Cl. The summed E-state index contributed by atoms with van der Waals surface area (Å²) in [6.07, 6.45) is 2.26. The maximum atomic E-state index is 10.8. The molecular formula is C15H22ClNO4. The molecule has 1 saturated heterocycles. The van der Waals surface area contributed by atoms with Crippen LogP contribution in [0, 0.1) is 0 Å². The number of methoxy groups -OCH3 is 2. The van der Waals surface area contributed by atoms with Gasteiger partial charge < -0.3 is 14.6 Å². The van der Waals surface area contributed by atoms with E-state index < -0.39 is 5.97 Å². The molecule has 0 amide bonds. The van der Waals surface area contributed by atoms with Crippen LogP contribution < -0.4 is 9.47 Å². The number of nitrogens with zero attached hydrogens (tertiary/aromatic N) is 1. The normalized spacial score (nSPS) is 18.1. The molecular weight excluding hydrogens is 294 g/mol. The molecule has 0 aliphatic carbocycles. The highest BCUT2D eigenvalue weighted by Crippen LogP contribution is 2.38. The number of aliphatic carboxylic acids is 1. The topological polar surface area (TPSA) is 59.0 Å². The minimum atomic E-state index is -0.756. The van der Waals surface area contributed by atoms with Crippen molar-refractivity contribution in [1.29, 1.82) is 0 Å². The van der Waals surface area contributed by atoms with E-state index in [0.29, 0.717) is 6.54 Å². The Morgan fingerprint density at radius 3 is 2.76 bits per heavy atom. The first-order chi connectivity index (χ1) is 9.65. The van der Waals surface area contributed by atoms with Crippen LogP contribution in [-0.2, 0) is 4.79 Å². The Hall–Kier alpha value is -1.46. The van der Waals surface area contributed by atoms with Crippen LogP contribution in [0.3, 0.4) is 0 Å². The molecule has 118 valence electrons. The Balaban J connectivity index is 0.00000220. The van der Waals surface area contributed by atoms with Gasteiger partial charge in [0.25, 0.3) is 0 Å². The van der Waals surface area contributed by atoms with Crippen LogP contribution in [-0.4, -0.2) is 43.3 Å². The fourth-order valence-electron chi connectivity index (χ4n) is 2.79. The standard InChI is InChI=1S/C15H21NO4.ClH/c1-19-11-5-6-14(20-2)12(10-11)13-4-3-8-16(13)9-7-15(17)18;/h5-6,10,13H,3-4,7-9H2,1-2H3,(H,17,18);1H. The van der Waals surface area contributed by atoms with E-state index in [-0.39, 0.29) is 24.9 Å². The lowest BCUT2D eigenvalue weighted by Gasteiger charge is -2.25. The molecule has 0 radical (unpaired) electrons. The second kappa shape index (κ2) is 8.10. The Morgan fingerprint density at radius 2 is 2.14 bits per heavy atom. The molecule has 2 rings (SSSR count). The number of hydrogen-bond donors (Lipinski definition) is 1. The Morgan fingerprint density at radius 1 is 1.38 bits per heavy atom. The van der Waals surface area contributed by atoms with Gasteiger partial charge in [-0.2, -0.15) is 0 Å². The molecule has 1 N–H and O–H groups in total. The van der Waals surface area contributed by atoms with E-state index in [9.17, 15) is 4.79 Å². The van der Waals surface area contributed by atoms with Crippen molar-refractivity contribution in [2.45, 2.75) is 25.3 Å². The molecule has 1 atom stereocenters. The van der Waals surface area contributed by atoms with Crippen LogP contribution in [0.1, 0.15) is 30.9 Å². The highest BCUT2D eigenvalue weighted by atomic mass is 35.5. The molecule has 0 saturated carbocycles. The van der Waals surface area contributed by atoms with Crippen molar-refractivity contribution in [3.8, 4) is 11.5 Å². The first-order valence-electron chi connectivity index (χ1n) is 6.83. The Bertz CT molecular complexity index is 481. The van der Waals surface area contributed by atoms with E-state index >= 15 is 0 Å². The van der Waals surface area contributed by atoms with Gasteiger partial charge in [-0.1, -0.05) is 0 Å². The van der Waals surface area contributed by atoms with Gasteiger partial charge in [-0.3, -0.25) is 9.69 Å². The molecule has 1 aliphatic rings. The number of benzene rings is 1. The lowest BCUT2D eigenvalue weighted by Crippen LogP contribution is -2.26. The number of carboxylic acid groups (broad SMARTS) is 1. The molecule has 21 heavy (non-hydrogen) atoms.